The Hall–Kier alpha value is -2.33. The molecule has 4 nitrogen and oxygen atoms in total. The van der Waals surface area contributed by atoms with Gasteiger partial charge in [-0.15, -0.1) is 0 Å². The maximum absolute atomic E-state index is 12.2. The number of nitrogens with one attached hydrogen (secondary N) is 2. The molecular weight excluding hydrogens is 322 g/mol. The first-order chi connectivity index (χ1) is 12.6. The van der Waals surface area contributed by atoms with Crippen molar-refractivity contribution in [3.05, 3.63) is 64.7 Å². The number of anilines is 1. The third kappa shape index (κ3) is 5.09. The van der Waals surface area contributed by atoms with E-state index in [-0.39, 0.29) is 6.03 Å². The molecule has 1 saturated heterocycles. The smallest absolute Gasteiger partial charge is 0.319 e. The van der Waals surface area contributed by atoms with Crippen LogP contribution >= 0.6 is 0 Å². The molecule has 1 aliphatic heterocycles. The highest BCUT2D eigenvalue weighted by molar-refractivity contribution is 5.90. The van der Waals surface area contributed by atoms with Crippen LogP contribution in [0.25, 0.3) is 0 Å². The van der Waals surface area contributed by atoms with Crippen LogP contribution in [-0.2, 0) is 13.1 Å². The molecule has 2 aromatic rings. The molecule has 3 rings (SSSR count). The maximum atomic E-state index is 12.2. The third-order valence-corrected chi connectivity index (χ3v) is 5.05. The van der Waals surface area contributed by atoms with Gasteiger partial charge in [0.2, 0.25) is 0 Å². The molecule has 2 aromatic carbocycles. The number of nitrogens with zero attached hydrogens (tertiary/aromatic N) is 1. The van der Waals surface area contributed by atoms with Gasteiger partial charge in [-0.05, 0) is 62.0 Å². The molecule has 26 heavy (non-hydrogen) atoms. The van der Waals surface area contributed by atoms with Crippen molar-refractivity contribution in [2.45, 2.75) is 46.2 Å². The predicted molar refractivity (Wildman–Crippen MR) is 107 cm³/mol. The number of hydrogen-bond donors (Lipinski definition) is 2. The average Bonchev–Trinajstić information content (AvgIpc) is 2.65. The van der Waals surface area contributed by atoms with E-state index in [4.69, 9.17) is 0 Å². The summed E-state index contributed by atoms with van der Waals surface area (Å²) in [5.41, 5.74) is 5.49. The molecule has 0 aliphatic carbocycles. The van der Waals surface area contributed by atoms with Gasteiger partial charge in [0.1, 0.15) is 0 Å². The number of carbonyl (C=O) groups is 1. The molecule has 0 spiro atoms. The minimum Gasteiger partial charge on any atom is -0.334 e. The van der Waals surface area contributed by atoms with E-state index >= 15 is 0 Å². The Kier molecular flexibility index (Phi) is 6.29. The van der Waals surface area contributed by atoms with E-state index in [9.17, 15) is 4.79 Å². The van der Waals surface area contributed by atoms with Gasteiger partial charge in [0.05, 0.1) is 0 Å². The van der Waals surface area contributed by atoms with Crippen LogP contribution < -0.4 is 10.6 Å². The zero-order chi connectivity index (χ0) is 18.4. The van der Waals surface area contributed by atoms with E-state index < -0.39 is 0 Å². The van der Waals surface area contributed by atoms with E-state index in [1.54, 1.807) is 0 Å². The van der Waals surface area contributed by atoms with Gasteiger partial charge >= 0.3 is 6.03 Å². The van der Waals surface area contributed by atoms with Gasteiger partial charge in [-0.25, -0.2) is 4.79 Å². The topological polar surface area (TPSA) is 44.4 Å². The normalized spacial score (nSPS) is 14.8. The van der Waals surface area contributed by atoms with Crippen molar-refractivity contribution in [1.29, 1.82) is 0 Å². The molecule has 1 heterocycles. The Balaban J connectivity index is 1.49. The zero-order valence-corrected chi connectivity index (χ0v) is 15.8. The second-order valence-electron chi connectivity index (χ2n) is 7.23. The van der Waals surface area contributed by atoms with Crippen molar-refractivity contribution in [1.82, 2.24) is 10.2 Å². The molecule has 0 saturated carbocycles. The van der Waals surface area contributed by atoms with Crippen LogP contribution in [0, 0.1) is 13.8 Å². The highest BCUT2D eigenvalue weighted by atomic mass is 16.2. The van der Waals surface area contributed by atoms with Crippen molar-refractivity contribution < 1.29 is 4.79 Å². The molecule has 2 N–H and O–H groups in total. The Morgan fingerprint density at radius 2 is 1.54 bits per heavy atom. The summed E-state index contributed by atoms with van der Waals surface area (Å²) in [4.78, 5) is 14.7. The highest BCUT2D eigenvalue weighted by Crippen LogP contribution is 2.19. The third-order valence-electron chi connectivity index (χ3n) is 5.05. The van der Waals surface area contributed by atoms with Crippen LogP contribution in [0.2, 0.25) is 0 Å². The molecule has 1 aliphatic rings. The summed E-state index contributed by atoms with van der Waals surface area (Å²) in [5, 5.41) is 5.90. The fraction of sp³-hybridized carbons (Fsp3) is 0.409. The molecule has 2 amide bonds. The van der Waals surface area contributed by atoms with Gasteiger partial charge in [0.25, 0.3) is 0 Å². The molecule has 4 heteroatoms. The maximum Gasteiger partial charge on any atom is 0.319 e. The van der Waals surface area contributed by atoms with Gasteiger partial charge in [0, 0.05) is 18.8 Å². The largest absolute Gasteiger partial charge is 0.334 e. The van der Waals surface area contributed by atoms with E-state index in [0.717, 1.165) is 28.9 Å². The minimum absolute atomic E-state index is 0.167. The van der Waals surface area contributed by atoms with Crippen LogP contribution in [0.1, 0.15) is 41.5 Å². The number of aryl methyl sites for hydroxylation is 2. The van der Waals surface area contributed by atoms with Crippen molar-refractivity contribution in [2.24, 2.45) is 0 Å². The summed E-state index contributed by atoms with van der Waals surface area (Å²) in [7, 11) is 0. The molecule has 0 unspecified atom stereocenters. The number of likely N-dealkylation sites (tertiary alicyclic amines) is 1. The molecule has 0 aromatic heterocycles. The second-order valence-corrected chi connectivity index (χ2v) is 7.23. The first kappa shape index (κ1) is 18.5. The summed E-state index contributed by atoms with van der Waals surface area (Å²) in [6, 6.07) is 14.4. The number of benzene rings is 2. The molecule has 0 atom stereocenters. The number of para-hydroxylation sites is 1. The SMILES string of the molecule is Cc1cccc(C)c1NC(=O)NCc1ccc(CN2CCCCC2)cc1. The van der Waals surface area contributed by atoms with E-state index in [0.29, 0.717) is 6.54 Å². The number of hydrogen-bond acceptors (Lipinski definition) is 2. The number of carbonyl (C=O) groups excluding carboxylic acids is 1. The number of piperidine rings is 1. The van der Waals surface area contributed by atoms with E-state index in [1.165, 1.54) is 37.9 Å². The van der Waals surface area contributed by atoms with Crippen LogP contribution in [0.3, 0.4) is 0 Å². The van der Waals surface area contributed by atoms with Gasteiger partial charge < -0.3 is 10.6 Å². The summed E-state index contributed by atoms with van der Waals surface area (Å²) in [6.07, 6.45) is 4.00. The Morgan fingerprint density at radius 3 is 2.19 bits per heavy atom. The van der Waals surface area contributed by atoms with Gasteiger partial charge in [0.15, 0.2) is 0 Å². The fourth-order valence-corrected chi connectivity index (χ4v) is 3.49. The summed E-state index contributed by atoms with van der Waals surface area (Å²) >= 11 is 0. The van der Waals surface area contributed by atoms with Crippen molar-refractivity contribution in [3.63, 3.8) is 0 Å². The lowest BCUT2D eigenvalue weighted by molar-refractivity contribution is 0.221. The quantitative estimate of drug-likeness (QED) is 0.826. The predicted octanol–water partition coefficient (Wildman–Crippen LogP) is 4.61. The van der Waals surface area contributed by atoms with Crippen molar-refractivity contribution in [3.8, 4) is 0 Å². The standard InChI is InChI=1S/C22H29N3O/c1-17-7-6-8-18(2)21(17)24-22(26)23-15-19-9-11-20(12-10-19)16-25-13-4-3-5-14-25/h6-12H,3-5,13-16H2,1-2H3,(H2,23,24,26). The van der Waals surface area contributed by atoms with Crippen LogP contribution in [0.4, 0.5) is 10.5 Å². The second kappa shape index (κ2) is 8.86. The Labute approximate surface area is 156 Å². The first-order valence-electron chi connectivity index (χ1n) is 9.53. The van der Waals surface area contributed by atoms with Gasteiger partial charge in [-0.2, -0.15) is 0 Å². The number of rotatable bonds is 5. The van der Waals surface area contributed by atoms with Gasteiger partial charge in [-0.3, -0.25) is 4.90 Å². The van der Waals surface area contributed by atoms with Crippen LogP contribution in [-0.4, -0.2) is 24.0 Å². The molecular formula is C22H29N3O. The lowest BCUT2D eigenvalue weighted by atomic mass is 10.1. The van der Waals surface area contributed by atoms with Gasteiger partial charge in [-0.1, -0.05) is 48.9 Å². The van der Waals surface area contributed by atoms with Crippen LogP contribution in [0.5, 0.6) is 0 Å². The summed E-state index contributed by atoms with van der Waals surface area (Å²) < 4.78 is 0. The van der Waals surface area contributed by atoms with Crippen LogP contribution in [0.15, 0.2) is 42.5 Å². The monoisotopic (exact) mass is 351 g/mol. The molecule has 0 bridgehead atoms. The first-order valence-corrected chi connectivity index (χ1v) is 9.53. The molecule has 138 valence electrons. The minimum atomic E-state index is -0.167. The fourth-order valence-electron chi connectivity index (χ4n) is 3.49. The Morgan fingerprint density at radius 1 is 0.923 bits per heavy atom. The summed E-state index contributed by atoms with van der Waals surface area (Å²) in [6.45, 7) is 7.98. The van der Waals surface area contributed by atoms with Crippen molar-refractivity contribution in [2.75, 3.05) is 18.4 Å². The lowest BCUT2D eigenvalue weighted by Gasteiger charge is -2.26. The average molecular weight is 351 g/mol. The highest BCUT2D eigenvalue weighted by Gasteiger charge is 2.10. The number of amides is 2. The van der Waals surface area contributed by atoms with E-state index in [1.807, 2.05) is 32.0 Å². The summed E-state index contributed by atoms with van der Waals surface area (Å²) in [5.74, 6) is 0. The van der Waals surface area contributed by atoms with E-state index in [2.05, 4.69) is 39.8 Å². The zero-order valence-electron chi connectivity index (χ0n) is 15.8. The molecule has 1 fully saturated rings. The Bertz CT molecular complexity index is 713. The number of urea groups is 1. The molecule has 0 radical (unpaired) electrons. The van der Waals surface area contributed by atoms with Crippen molar-refractivity contribution >= 4 is 11.7 Å². The lowest BCUT2D eigenvalue weighted by Crippen LogP contribution is -2.29.